The number of hydrogen-bond donors (Lipinski definition) is 2. The maximum atomic E-state index is 11.0. The third kappa shape index (κ3) is 23.2. The van der Waals surface area contributed by atoms with Crippen molar-refractivity contribution in [1.82, 2.24) is 0 Å². The fourth-order valence-corrected chi connectivity index (χ4v) is 2.02. The fourth-order valence-electron chi connectivity index (χ4n) is 2.02. The van der Waals surface area contributed by atoms with Crippen molar-refractivity contribution < 1.29 is 43.5 Å². The summed E-state index contributed by atoms with van der Waals surface area (Å²) in [6.07, 6.45) is 5.92. The van der Waals surface area contributed by atoms with Crippen LogP contribution in [0.3, 0.4) is 0 Å². The smallest absolute Gasteiger partial charge is 0.333 e. The Kier molecular flexibility index (Phi) is 19.7. The highest BCUT2D eigenvalue weighted by Crippen LogP contribution is 2.12. The van der Waals surface area contributed by atoms with Crippen molar-refractivity contribution in [2.24, 2.45) is 0 Å². The summed E-state index contributed by atoms with van der Waals surface area (Å²) in [5, 5.41) is 16.6. The van der Waals surface area contributed by atoms with Crippen molar-refractivity contribution in [2.45, 2.75) is 64.6 Å². The highest BCUT2D eigenvalue weighted by atomic mass is 16.6. The van der Waals surface area contributed by atoms with Crippen LogP contribution in [0, 0.1) is 0 Å². The molecule has 0 aromatic carbocycles. The molecule has 2 aliphatic rings. The summed E-state index contributed by atoms with van der Waals surface area (Å²) >= 11 is 0. The van der Waals surface area contributed by atoms with E-state index in [0.717, 1.165) is 52.1 Å². The Bertz CT molecular complexity index is 506. The monoisotopic (exact) mass is 474 g/mol. The van der Waals surface area contributed by atoms with Crippen LogP contribution >= 0.6 is 0 Å². The van der Waals surface area contributed by atoms with Crippen LogP contribution < -0.4 is 0 Å². The molecule has 0 saturated carbocycles. The van der Waals surface area contributed by atoms with Gasteiger partial charge in [-0.05, 0) is 39.5 Å². The number of aliphatic hydroxyl groups excluding tert-OH is 2. The summed E-state index contributed by atoms with van der Waals surface area (Å²) in [7, 11) is 0. The number of carbonyl (C=O) groups is 2. The molecule has 0 aromatic rings. The van der Waals surface area contributed by atoms with Gasteiger partial charge in [-0.1, -0.05) is 26.0 Å². The molecule has 2 atom stereocenters. The molecule has 192 valence electrons. The Balaban J connectivity index is 0.000000505. The molecule has 0 spiro atoms. The Hall–Kier alpha value is -1.78. The molecule has 2 rings (SSSR count). The van der Waals surface area contributed by atoms with E-state index in [2.05, 4.69) is 13.2 Å². The van der Waals surface area contributed by atoms with Crippen molar-refractivity contribution >= 4 is 11.9 Å². The second kappa shape index (κ2) is 20.8. The van der Waals surface area contributed by atoms with Gasteiger partial charge in [0.2, 0.25) is 0 Å². The molecule has 2 heterocycles. The van der Waals surface area contributed by atoms with Gasteiger partial charge >= 0.3 is 11.9 Å². The number of esters is 2. The van der Waals surface area contributed by atoms with Gasteiger partial charge in [0.05, 0.1) is 39.6 Å². The zero-order valence-corrected chi connectivity index (χ0v) is 20.2. The molecule has 9 heteroatoms. The molecule has 2 aliphatic heterocycles. The molecule has 2 N–H and O–H groups in total. The normalized spacial score (nSPS) is 17.5. The predicted molar refractivity (Wildman–Crippen MR) is 124 cm³/mol. The second-order valence-electron chi connectivity index (χ2n) is 7.85. The minimum atomic E-state index is -0.390. The van der Waals surface area contributed by atoms with Gasteiger partial charge in [0.1, 0.15) is 12.2 Å². The van der Waals surface area contributed by atoms with Crippen molar-refractivity contribution in [1.29, 1.82) is 0 Å². The van der Waals surface area contributed by atoms with Crippen LogP contribution in [0.4, 0.5) is 0 Å². The predicted octanol–water partition coefficient (Wildman–Crippen LogP) is 2.34. The average Bonchev–Trinajstić information content (AvgIpc) is 3.70. The number of aliphatic hydroxyl groups is 2. The number of carbonyl (C=O) groups excluding carboxylic acids is 2. The molecule has 2 unspecified atom stereocenters. The number of unbranched alkanes of at least 4 members (excludes halogenated alkanes) is 4. The molecule has 9 nitrogen and oxygen atoms in total. The van der Waals surface area contributed by atoms with Gasteiger partial charge < -0.3 is 33.9 Å². The van der Waals surface area contributed by atoms with Crippen LogP contribution in [0.2, 0.25) is 0 Å². The first-order valence-corrected chi connectivity index (χ1v) is 11.5. The van der Waals surface area contributed by atoms with Gasteiger partial charge in [0, 0.05) is 24.4 Å². The molecule has 0 radical (unpaired) electrons. The lowest BCUT2D eigenvalue weighted by Gasteiger charge is -2.05. The Labute approximate surface area is 197 Å². The molecule has 0 amide bonds. The van der Waals surface area contributed by atoms with Gasteiger partial charge in [-0.15, -0.1) is 0 Å². The molecule has 0 bridgehead atoms. The average molecular weight is 475 g/mol. The lowest BCUT2D eigenvalue weighted by atomic mass is 10.2. The van der Waals surface area contributed by atoms with Crippen molar-refractivity contribution in [3.8, 4) is 0 Å². The summed E-state index contributed by atoms with van der Waals surface area (Å²) in [6, 6.07) is 0. The zero-order valence-electron chi connectivity index (χ0n) is 20.2. The van der Waals surface area contributed by atoms with Gasteiger partial charge in [-0.2, -0.15) is 0 Å². The van der Waals surface area contributed by atoms with Crippen molar-refractivity contribution in [3.63, 3.8) is 0 Å². The maximum Gasteiger partial charge on any atom is 0.333 e. The summed E-state index contributed by atoms with van der Waals surface area (Å²) in [5.41, 5.74) is 0.766. The van der Waals surface area contributed by atoms with Crippen LogP contribution in [0.5, 0.6) is 0 Å². The van der Waals surface area contributed by atoms with Gasteiger partial charge in [0.25, 0.3) is 0 Å². The van der Waals surface area contributed by atoms with Gasteiger partial charge in [-0.3, -0.25) is 0 Å². The summed E-state index contributed by atoms with van der Waals surface area (Å²) in [5.74, 6) is -0.780. The van der Waals surface area contributed by atoms with E-state index >= 15 is 0 Å². The molecular formula is C24H42O9. The first kappa shape index (κ1) is 31.2. The van der Waals surface area contributed by atoms with Crippen LogP contribution in [-0.4, -0.2) is 87.2 Å². The Morgan fingerprint density at radius 3 is 1.39 bits per heavy atom. The molecule has 0 aliphatic carbocycles. The molecule has 2 fully saturated rings. The Morgan fingerprint density at radius 1 is 0.758 bits per heavy atom. The topological polar surface area (TPSA) is 127 Å². The van der Waals surface area contributed by atoms with Crippen LogP contribution in [0.1, 0.15) is 52.4 Å². The van der Waals surface area contributed by atoms with Gasteiger partial charge in [0.15, 0.2) is 0 Å². The Morgan fingerprint density at radius 2 is 1.12 bits per heavy atom. The van der Waals surface area contributed by atoms with Crippen molar-refractivity contribution in [2.75, 3.05) is 52.9 Å². The van der Waals surface area contributed by atoms with E-state index in [1.807, 2.05) is 0 Å². The van der Waals surface area contributed by atoms with E-state index in [0.29, 0.717) is 49.4 Å². The maximum absolute atomic E-state index is 11.0. The quantitative estimate of drug-likeness (QED) is 0.150. The van der Waals surface area contributed by atoms with E-state index in [9.17, 15) is 9.59 Å². The highest BCUT2D eigenvalue weighted by molar-refractivity contribution is 5.87. The molecular weight excluding hydrogens is 432 g/mol. The third-order valence-electron chi connectivity index (χ3n) is 4.18. The van der Waals surface area contributed by atoms with Crippen molar-refractivity contribution in [3.05, 3.63) is 24.3 Å². The van der Waals surface area contributed by atoms with Gasteiger partial charge in [-0.25, -0.2) is 9.59 Å². The van der Waals surface area contributed by atoms with E-state index in [1.165, 1.54) is 0 Å². The van der Waals surface area contributed by atoms with E-state index < -0.39 is 0 Å². The standard InChI is InChI=1S/C12H18O4.C6H10O3.C6H14O2/c1-9(2)11(13)15-7-5-6-8-16-12(14)10(3)4;1(5-3-8-5)7-2-6-4-9-6;7-5-3-1-2-4-6-8/h1,3,5-8H2,2,4H3;5-6H,1-4H2;7-8H,1-6H2. The summed E-state index contributed by atoms with van der Waals surface area (Å²) < 4.78 is 24.8. The number of rotatable bonds is 16. The third-order valence-corrected chi connectivity index (χ3v) is 4.18. The molecule has 33 heavy (non-hydrogen) atoms. The summed E-state index contributed by atoms with van der Waals surface area (Å²) in [4.78, 5) is 21.9. The summed E-state index contributed by atoms with van der Waals surface area (Å²) in [6.45, 7) is 14.6. The molecule has 2 saturated heterocycles. The first-order chi connectivity index (χ1) is 15.8. The zero-order chi connectivity index (χ0) is 24.9. The van der Waals surface area contributed by atoms with Crippen LogP contribution in [0.15, 0.2) is 24.3 Å². The first-order valence-electron chi connectivity index (χ1n) is 11.5. The fraction of sp³-hybridized carbons (Fsp3) is 0.750. The number of ether oxygens (including phenoxy) is 5. The molecule has 0 aromatic heterocycles. The SMILES string of the molecule is C(OCC1CO1)C1CO1.C=C(C)C(=O)OCCCCOC(=O)C(=C)C.OCCCCCCO. The van der Waals surface area contributed by atoms with E-state index in [1.54, 1.807) is 13.8 Å². The minimum Gasteiger partial charge on any atom is -0.462 e. The lowest BCUT2D eigenvalue weighted by molar-refractivity contribution is -0.141. The van der Waals surface area contributed by atoms with E-state index in [4.69, 9.17) is 33.9 Å². The van der Waals surface area contributed by atoms with Crippen LogP contribution in [0.25, 0.3) is 0 Å². The largest absolute Gasteiger partial charge is 0.462 e. The minimum absolute atomic E-state index is 0.283. The lowest BCUT2D eigenvalue weighted by Crippen LogP contribution is -2.09. The number of hydrogen-bond acceptors (Lipinski definition) is 9. The number of epoxide rings is 2. The van der Waals surface area contributed by atoms with E-state index in [-0.39, 0.29) is 25.2 Å². The van der Waals surface area contributed by atoms with Crippen LogP contribution in [-0.2, 0) is 33.3 Å². The highest BCUT2D eigenvalue weighted by Gasteiger charge is 2.26. The second-order valence-corrected chi connectivity index (χ2v) is 7.85.